The van der Waals surface area contributed by atoms with Crippen LogP contribution >= 0.6 is 0 Å². The molecule has 8 heteroatoms. The monoisotopic (exact) mass is 480 g/mol. The van der Waals surface area contributed by atoms with Crippen molar-refractivity contribution in [3.8, 4) is 0 Å². The molecule has 1 aliphatic heterocycles. The van der Waals surface area contributed by atoms with Gasteiger partial charge in [-0.3, -0.25) is 4.98 Å². The minimum absolute atomic E-state index is 0.126. The van der Waals surface area contributed by atoms with Crippen molar-refractivity contribution in [1.82, 2.24) is 20.1 Å². The van der Waals surface area contributed by atoms with Gasteiger partial charge in [-0.2, -0.15) is 0 Å². The average molecular weight is 481 g/mol. The summed E-state index contributed by atoms with van der Waals surface area (Å²) in [6, 6.07) is 13.6. The molecule has 0 bridgehead atoms. The molecule has 4 rings (SSSR count). The zero-order chi connectivity index (χ0) is 24.8. The Bertz CT molecular complexity index is 1010. The second-order valence-corrected chi connectivity index (χ2v) is 10.2. The van der Waals surface area contributed by atoms with Crippen molar-refractivity contribution in [2.75, 3.05) is 26.2 Å². The van der Waals surface area contributed by atoms with Crippen molar-refractivity contribution >= 4 is 12.2 Å². The van der Waals surface area contributed by atoms with E-state index in [0.717, 1.165) is 30.5 Å². The molecule has 0 saturated carbocycles. The summed E-state index contributed by atoms with van der Waals surface area (Å²) in [5.74, 6) is 0. The maximum Gasteiger partial charge on any atom is 0.410 e. The fourth-order valence-corrected chi connectivity index (χ4v) is 4.65. The van der Waals surface area contributed by atoms with E-state index in [9.17, 15) is 9.59 Å². The van der Waals surface area contributed by atoms with Crippen LogP contribution in [0.1, 0.15) is 56.5 Å². The molecule has 1 aliphatic carbocycles. The van der Waals surface area contributed by atoms with Gasteiger partial charge in [-0.25, -0.2) is 9.59 Å². The molecule has 2 amide bonds. The zero-order valence-electron chi connectivity index (χ0n) is 20.9. The number of amides is 2. The highest BCUT2D eigenvalue weighted by Crippen LogP contribution is 2.28. The second kappa shape index (κ2) is 11.1. The minimum atomic E-state index is -0.590. The first-order chi connectivity index (χ1) is 16.8. The van der Waals surface area contributed by atoms with Crippen LogP contribution in [-0.4, -0.2) is 64.8 Å². The molecule has 2 atom stereocenters. The third-order valence-corrected chi connectivity index (χ3v) is 6.37. The fraction of sp³-hybridized carbons (Fsp3) is 0.519. The molecule has 2 aromatic rings. The standard InChI is InChI=1S/C27H36N4O4/c1-27(2,3)35-26(33)31-16-15-30(25(32)34-19-20-9-5-4-6-10-20)18-22(31)17-29-23-13-7-11-21-12-8-14-28-24(21)23/h4-6,8-10,12,14,22-23,29H,7,11,13,15-19H2,1-3H3/t22-,23-/m0/s1. The van der Waals surface area contributed by atoms with Gasteiger partial charge in [-0.05, 0) is 57.2 Å². The smallest absolute Gasteiger partial charge is 0.410 e. The van der Waals surface area contributed by atoms with Crippen molar-refractivity contribution in [3.63, 3.8) is 0 Å². The van der Waals surface area contributed by atoms with Gasteiger partial charge in [-0.1, -0.05) is 36.4 Å². The Morgan fingerprint density at radius 2 is 1.89 bits per heavy atom. The molecule has 1 saturated heterocycles. The van der Waals surface area contributed by atoms with Crippen LogP contribution in [0, 0.1) is 0 Å². The van der Waals surface area contributed by atoms with Crippen LogP contribution in [0.3, 0.4) is 0 Å². The van der Waals surface area contributed by atoms with Gasteiger partial charge in [-0.15, -0.1) is 0 Å². The summed E-state index contributed by atoms with van der Waals surface area (Å²) in [6.45, 7) is 7.50. The number of pyridine rings is 1. The zero-order valence-corrected chi connectivity index (χ0v) is 20.9. The number of benzene rings is 1. The summed E-state index contributed by atoms with van der Waals surface area (Å²) in [6.07, 6.45) is 4.23. The number of piperazine rings is 1. The van der Waals surface area contributed by atoms with Crippen molar-refractivity contribution in [2.24, 2.45) is 0 Å². The van der Waals surface area contributed by atoms with Crippen molar-refractivity contribution < 1.29 is 19.1 Å². The molecule has 2 aliphatic rings. The number of aryl methyl sites for hydroxylation is 1. The molecular formula is C27H36N4O4. The van der Waals surface area contributed by atoms with E-state index in [-0.39, 0.29) is 30.9 Å². The van der Waals surface area contributed by atoms with Crippen molar-refractivity contribution in [2.45, 2.75) is 64.3 Å². The van der Waals surface area contributed by atoms with Crippen LogP contribution in [-0.2, 0) is 22.5 Å². The van der Waals surface area contributed by atoms with Gasteiger partial charge in [0.05, 0.1) is 11.7 Å². The maximum absolute atomic E-state index is 13.0. The van der Waals surface area contributed by atoms with Gasteiger partial charge >= 0.3 is 12.2 Å². The highest BCUT2D eigenvalue weighted by molar-refractivity contribution is 5.71. The minimum Gasteiger partial charge on any atom is -0.445 e. The number of nitrogens with zero attached hydrogens (tertiary/aromatic N) is 3. The summed E-state index contributed by atoms with van der Waals surface area (Å²) in [4.78, 5) is 33.9. The molecule has 0 radical (unpaired) electrons. The Balaban J connectivity index is 1.42. The second-order valence-electron chi connectivity index (χ2n) is 10.2. The highest BCUT2D eigenvalue weighted by Gasteiger charge is 2.36. The first-order valence-electron chi connectivity index (χ1n) is 12.4. The molecular weight excluding hydrogens is 444 g/mol. The number of ether oxygens (including phenoxy) is 2. The molecule has 1 aromatic carbocycles. The van der Waals surface area contributed by atoms with Gasteiger partial charge in [0.15, 0.2) is 0 Å². The Labute approximate surface area is 207 Å². The van der Waals surface area contributed by atoms with Crippen LogP contribution in [0.2, 0.25) is 0 Å². The lowest BCUT2D eigenvalue weighted by Crippen LogP contribution is -2.60. The summed E-state index contributed by atoms with van der Waals surface area (Å²) in [7, 11) is 0. The summed E-state index contributed by atoms with van der Waals surface area (Å²) >= 11 is 0. The van der Waals surface area contributed by atoms with Gasteiger partial charge in [0.25, 0.3) is 0 Å². The van der Waals surface area contributed by atoms with Gasteiger partial charge in [0, 0.05) is 38.4 Å². The Hall–Kier alpha value is -3.13. The lowest BCUT2D eigenvalue weighted by Gasteiger charge is -2.42. The number of rotatable bonds is 5. The Morgan fingerprint density at radius 3 is 2.66 bits per heavy atom. The van der Waals surface area contributed by atoms with E-state index < -0.39 is 5.60 Å². The van der Waals surface area contributed by atoms with E-state index in [1.165, 1.54) is 5.56 Å². The SMILES string of the molecule is CC(C)(C)OC(=O)N1CCN(C(=O)OCc2ccccc2)C[C@@H]1CN[C@H]1CCCc2cccnc21. The molecule has 1 N–H and O–H groups in total. The molecule has 2 heterocycles. The molecule has 35 heavy (non-hydrogen) atoms. The molecule has 188 valence electrons. The van der Waals surface area contributed by atoms with E-state index in [1.807, 2.05) is 63.4 Å². The normalized spacial score (nSPS) is 20.2. The lowest BCUT2D eigenvalue weighted by atomic mass is 9.91. The topological polar surface area (TPSA) is 84.0 Å². The van der Waals surface area contributed by atoms with Crippen molar-refractivity contribution in [3.05, 3.63) is 65.5 Å². The van der Waals surface area contributed by atoms with Crippen molar-refractivity contribution in [1.29, 1.82) is 0 Å². The number of fused-ring (bicyclic) bond motifs is 1. The van der Waals surface area contributed by atoms with E-state index in [4.69, 9.17) is 9.47 Å². The average Bonchev–Trinajstić information content (AvgIpc) is 2.85. The van der Waals surface area contributed by atoms with E-state index in [0.29, 0.717) is 26.2 Å². The number of carbonyl (C=O) groups excluding carboxylic acids is 2. The quantitative estimate of drug-likeness (QED) is 0.687. The first-order valence-corrected chi connectivity index (χ1v) is 12.4. The number of hydrogen-bond acceptors (Lipinski definition) is 6. The highest BCUT2D eigenvalue weighted by atomic mass is 16.6. The fourth-order valence-electron chi connectivity index (χ4n) is 4.65. The number of aromatic nitrogens is 1. The van der Waals surface area contributed by atoms with Crippen LogP contribution in [0.25, 0.3) is 0 Å². The van der Waals surface area contributed by atoms with E-state index in [1.54, 1.807) is 9.80 Å². The third kappa shape index (κ3) is 6.72. The van der Waals surface area contributed by atoms with Gasteiger partial charge in [0.1, 0.15) is 12.2 Å². The van der Waals surface area contributed by atoms with Crippen LogP contribution in [0.4, 0.5) is 9.59 Å². The predicted molar refractivity (Wildman–Crippen MR) is 133 cm³/mol. The van der Waals surface area contributed by atoms with E-state index in [2.05, 4.69) is 16.4 Å². The van der Waals surface area contributed by atoms with Crippen LogP contribution in [0.15, 0.2) is 48.7 Å². The number of nitrogens with one attached hydrogen (secondary N) is 1. The molecule has 1 aromatic heterocycles. The van der Waals surface area contributed by atoms with Gasteiger partial charge in [0.2, 0.25) is 0 Å². The molecule has 0 unspecified atom stereocenters. The summed E-state index contributed by atoms with van der Waals surface area (Å²) in [5.41, 5.74) is 2.70. The molecule has 1 fully saturated rings. The van der Waals surface area contributed by atoms with Crippen LogP contribution in [0.5, 0.6) is 0 Å². The lowest BCUT2D eigenvalue weighted by molar-refractivity contribution is -0.00343. The van der Waals surface area contributed by atoms with Crippen LogP contribution < -0.4 is 5.32 Å². The van der Waals surface area contributed by atoms with Gasteiger partial charge < -0.3 is 24.6 Å². The molecule has 0 spiro atoms. The Morgan fingerprint density at radius 1 is 1.09 bits per heavy atom. The number of hydrogen-bond donors (Lipinski definition) is 1. The maximum atomic E-state index is 13.0. The third-order valence-electron chi connectivity index (χ3n) is 6.37. The van der Waals surface area contributed by atoms with E-state index >= 15 is 0 Å². The predicted octanol–water partition coefficient (Wildman–Crippen LogP) is 4.31. The summed E-state index contributed by atoms with van der Waals surface area (Å²) in [5, 5.41) is 3.62. The Kier molecular flexibility index (Phi) is 7.90. The first kappa shape index (κ1) is 25.0. The molecule has 8 nitrogen and oxygen atoms in total. The largest absolute Gasteiger partial charge is 0.445 e. The number of carbonyl (C=O) groups is 2. The summed E-state index contributed by atoms with van der Waals surface area (Å²) < 4.78 is 11.2.